The van der Waals surface area contributed by atoms with Gasteiger partial charge < -0.3 is 9.84 Å². The van der Waals surface area contributed by atoms with Gasteiger partial charge >= 0.3 is 12.1 Å². The van der Waals surface area contributed by atoms with E-state index < -0.39 is 22.2 Å². The van der Waals surface area contributed by atoms with Crippen molar-refractivity contribution in [3.8, 4) is 0 Å². The van der Waals surface area contributed by atoms with Gasteiger partial charge in [-0.3, -0.25) is 4.98 Å². The largest absolute Gasteiger partial charge is 0.490 e. The molecule has 0 bridgehead atoms. The summed E-state index contributed by atoms with van der Waals surface area (Å²) >= 11 is 1.86. The van der Waals surface area contributed by atoms with Crippen LogP contribution in [0.4, 0.5) is 13.2 Å². The third-order valence-electron chi connectivity index (χ3n) is 4.52. The van der Waals surface area contributed by atoms with Crippen molar-refractivity contribution >= 4 is 27.8 Å². The van der Waals surface area contributed by atoms with E-state index in [1.54, 1.807) is 11.2 Å². The fourth-order valence-corrected chi connectivity index (χ4v) is 5.96. The molecular weight excluding hydrogens is 433 g/mol. The van der Waals surface area contributed by atoms with Crippen molar-refractivity contribution in [1.82, 2.24) is 9.29 Å². The van der Waals surface area contributed by atoms with Crippen LogP contribution in [-0.2, 0) is 26.2 Å². The third-order valence-corrected chi connectivity index (χ3v) is 7.87. The minimum absolute atomic E-state index is 0.0763. The van der Waals surface area contributed by atoms with Crippen LogP contribution in [0.3, 0.4) is 0 Å². The second-order valence-corrected chi connectivity index (χ2v) is 10.6. The van der Waals surface area contributed by atoms with Crippen LogP contribution in [-0.4, -0.2) is 70.4 Å². The number of carbonyl (C=O) groups is 1. The van der Waals surface area contributed by atoms with Gasteiger partial charge in [-0.2, -0.15) is 17.5 Å². The van der Waals surface area contributed by atoms with Gasteiger partial charge in [0.25, 0.3) is 0 Å². The molecule has 12 heteroatoms. The van der Waals surface area contributed by atoms with E-state index >= 15 is 0 Å². The second kappa shape index (κ2) is 9.19. The highest BCUT2D eigenvalue weighted by molar-refractivity contribution is 8.01. The van der Waals surface area contributed by atoms with Crippen LogP contribution in [0, 0.1) is 6.92 Å². The van der Waals surface area contributed by atoms with E-state index in [-0.39, 0.29) is 16.6 Å². The van der Waals surface area contributed by atoms with Crippen LogP contribution in [0.5, 0.6) is 0 Å². The fraction of sp³-hybridized carbons (Fsp3) is 0.647. The van der Waals surface area contributed by atoms with Gasteiger partial charge in [0.05, 0.1) is 24.2 Å². The van der Waals surface area contributed by atoms with Crippen molar-refractivity contribution in [2.75, 3.05) is 24.6 Å². The molecule has 3 rings (SSSR count). The molecule has 1 spiro atoms. The van der Waals surface area contributed by atoms with Gasteiger partial charge in [0.15, 0.2) is 0 Å². The van der Waals surface area contributed by atoms with Crippen molar-refractivity contribution in [2.45, 2.75) is 43.9 Å². The van der Waals surface area contributed by atoms with E-state index in [2.05, 4.69) is 4.98 Å². The molecule has 3 heterocycles. The highest BCUT2D eigenvalue weighted by Crippen LogP contribution is 2.47. The predicted octanol–water partition coefficient (Wildman–Crippen LogP) is 2.45. The summed E-state index contributed by atoms with van der Waals surface area (Å²) in [5.74, 6) is -1.63. The number of alkyl halides is 3. The smallest absolute Gasteiger partial charge is 0.475 e. The number of carboxylic acid groups (broad SMARTS) is 1. The highest BCUT2D eigenvalue weighted by atomic mass is 32.2. The minimum atomic E-state index is -5.08. The Morgan fingerprint density at radius 2 is 2.03 bits per heavy atom. The topological polar surface area (TPSA) is 96.8 Å². The molecule has 1 N–H and O–H groups in total. The molecule has 0 aliphatic carbocycles. The van der Waals surface area contributed by atoms with Crippen molar-refractivity contribution in [2.24, 2.45) is 0 Å². The standard InChI is InChI=1S/C15H22N2O3S2.C2HF3O2/c1-3-22(18,19)17-10-15(11-17)7-14(9-21-15)20-8-13-6-4-5-12(2)16-13;3-2(4,5)1(6)7/h4-6,14H,3,7-11H2,1-2H3;(H,6,7). The zero-order valence-corrected chi connectivity index (χ0v) is 17.6. The lowest BCUT2D eigenvalue weighted by atomic mass is 9.95. The molecule has 7 nitrogen and oxygen atoms in total. The zero-order chi connectivity index (χ0) is 21.9. The average molecular weight is 457 g/mol. The molecule has 2 aliphatic rings. The second-order valence-electron chi connectivity index (χ2n) is 6.87. The zero-order valence-electron chi connectivity index (χ0n) is 16.0. The van der Waals surface area contributed by atoms with Gasteiger partial charge in [-0.25, -0.2) is 13.2 Å². The molecule has 2 aliphatic heterocycles. The Morgan fingerprint density at radius 3 is 2.55 bits per heavy atom. The molecule has 1 atom stereocenters. The monoisotopic (exact) mass is 456 g/mol. The van der Waals surface area contributed by atoms with Crippen molar-refractivity contribution < 1.29 is 36.2 Å². The molecule has 0 saturated carbocycles. The number of nitrogens with zero attached hydrogens (tertiary/aromatic N) is 2. The van der Waals surface area contributed by atoms with Crippen LogP contribution < -0.4 is 0 Å². The first-order chi connectivity index (χ1) is 13.4. The number of thioether (sulfide) groups is 1. The molecule has 2 saturated heterocycles. The summed E-state index contributed by atoms with van der Waals surface area (Å²) < 4.78 is 63.0. The van der Waals surface area contributed by atoms with E-state index in [0.29, 0.717) is 19.7 Å². The molecular formula is C17H23F3N2O5S2. The van der Waals surface area contributed by atoms with E-state index in [1.807, 2.05) is 36.9 Å². The highest BCUT2D eigenvalue weighted by Gasteiger charge is 2.52. The number of halogens is 3. The molecule has 164 valence electrons. The van der Waals surface area contributed by atoms with Gasteiger partial charge in [-0.1, -0.05) is 6.07 Å². The first-order valence-electron chi connectivity index (χ1n) is 8.83. The summed E-state index contributed by atoms with van der Waals surface area (Å²) in [7, 11) is -3.03. The van der Waals surface area contributed by atoms with Crippen LogP contribution in [0.25, 0.3) is 0 Å². The number of ether oxygens (including phenoxy) is 1. The lowest BCUT2D eigenvalue weighted by molar-refractivity contribution is -0.192. The third kappa shape index (κ3) is 6.56. The number of carboxylic acids is 1. The van der Waals surface area contributed by atoms with Crippen LogP contribution in [0.15, 0.2) is 18.2 Å². The van der Waals surface area contributed by atoms with E-state index in [9.17, 15) is 21.6 Å². The lowest BCUT2D eigenvalue weighted by Crippen LogP contribution is -2.60. The number of aryl methyl sites for hydroxylation is 1. The minimum Gasteiger partial charge on any atom is -0.475 e. The van der Waals surface area contributed by atoms with E-state index in [0.717, 1.165) is 23.6 Å². The summed E-state index contributed by atoms with van der Waals surface area (Å²) in [5, 5.41) is 7.12. The van der Waals surface area contributed by atoms with Gasteiger partial charge in [0.1, 0.15) is 0 Å². The van der Waals surface area contributed by atoms with E-state index in [1.165, 1.54) is 0 Å². The summed E-state index contributed by atoms with van der Waals surface area (Å²) in [6.45, 7) is 5.47. The van der Waals surface area contributed by atoms with Gasteiger partial charge in [-0.15, -0.1) is 11.8 Å². The maximum atomic E-state index is 11.8. The number of pyridine rings is 1. The van der Waals surface area contributed by atoms with Gasteiger partial charge in [0.2, 0.25) is 10.0 Å². The molecule has 0 aromatic carbocycles. The Hall–Kier alpha value is -1.37. The predicted molar refractivity (Wildman–Crippen MR) is 102 cm³/mol. The Morgan fingerprint density at radius 1 is 1.41 bits per heavy atom. The Bertz CT molecular complexity index is 827. The van der Waals surface area contributed by atoms with Crippen molar-refractivity contribution in [3.05, 3.63) is 29.6 Å². The number of hydrogen-bond acceptors (Lipinski definition) is 6. The lowest BCUT2D eigenvalue weighted by Gasteiger charge is -2.46. The fourth-order valence-electron chi connectivity index (χ4n) is 2.99. The summed E-state index contributed by atoms with van der Waals surface area (Å²) in [4.78, 5) is 13.3. The number of aromatic nitrogens is 1. The number of sulfonamides is 1. The van der Waals surface area contributed by atoms with E-state index in [4.69, 9.17) is 14.6 Å². The van der Waals surface area contributed by atoms with Crippen LogP contribution in [0.2, 0.25) is 0 Å². The average Bonchev–Trinajstić information content (AvgIpc) is 3.03. The maximum Gasteiger partial charge on any atom is 0.490 e. The molecule has 1 aromatic rings. The molecule has 0 radical (unpaired) electrons. The summed E-state index contributed by atoms with van der Waals surface area (Å²) in [5.41, 5.74) is 1.95. The van der Waals surface area contributed by atoms with Crippen LogP contribution in [0.1, 0.15) is 24.7 Å². The molecule has 2 fully saturated rings. The SMILES string of the molecule is CCS(=O)(=O)N1CC2(CC(OCc3cccc(C)n3)CS2)C1.O=C(O)C(F)(F)F. The molecule has 0 amide bonds. The number of aliphatic carboxylic acids is 1. The summed E-state index contributed by atoms with van der Waals surface area (Å²) in [6.07, 6.45) is -3.96. The first kappa shape index (κ1) is 23.9. The normalized spacial score (nSPS) is 21.3. The number of hydrogen-bond donors (Lipinski definition) is 1. The maximum absolute atomic E-state index is 11.8. The molecule has 1 unspecified atom stereocenters. The molecule has 29 heavy (non-hydrogen) atoms. The van der Waals surface area contributed by atoms with Gasteiger partial charge in [-0.05, 0) is 32.4 Å². The Labute approximate surface area is 171 Å². The number of rotatable bonds is 5. The van der Waals surface area contributed by atoms with Gasteiger partial charge in [0, 0.05) is 29.3 Å². The first-order valence-corrected chi connectivity index (χ1v) is 11.4. The summed E-state index contributed by atoms with van der Waals surface area (Å²) in [6, 6.07) is 5.94. The Balaban J connectivity index is 0.000000370. The van der Waals surface area contributed by atoms with Crippen molar-refractivity contribution in [3.63, 3.8) is 0 Å². The molecule has 1 aromatic heterocycles. The van der Waals surface area contributed by atoms with Crippen LogP contribution >= 0.6 is 11.8 Å². The van der Waals surface area contributed by atoms with Crippen molar-refractivity contribution in [1.29, 1.82) is 0 Å². The quantitative estimate of drug-likeness (QED) is 0.727. The Kier molecular flexibility index (Phi) is 7.57.